The zero-order valence-electron chi connectivity index (χ0n) is 26.1. The van der Waals surface area contributed by atoms with Crippen LogP contribution in [0.1, 0.15) is 5.69 Å². The summed E-state index contributed by atoms with van der Waals surface area (Å²) in [6.45, 7) is 0.529. The number of hydrogen-bond acceptors (Lipinski definition) is 2. The standard InChI is InChI=1S/2C18H15P.C6H8N2.Ru/c2*1-4-10-16(11-5-1)19(17-12-6-2-7-13-17)18-14-8-3-9-15-18;7-5-6-3-1-2-4-8-6;/h2*1-15H;1-4H,5,7H2;. The number of aromatic nitrogens is 1. The second-order valence-electron chi connectivity index (χ2n) is 10.2. The van der Waals surface area contributed by atoms with Crippen molar-refractivity contribution in [2.45, 2.75) is 6.54 Å². The quantitative estimate of drug-likeness (QED) is 0.137. The number of benzene rings is 6. The van der Waals surface area contributed by atoms with Crippen LogP contribution in [0.25, 0.3) is 0 Å². The number of pyridine rings is 1. The van der Waals surface area contributed by atoms with Gasteiger partial charge in [-0.15, -0.1) is 0 Å². The van der Waals surface area contributed by atoms with E-state index in [0.29, 0.717) is 6.54 Å². The molecule has 0 fully saturated rings. The van der Waals surface area contributed by atoms with Gasteiger partial charge in [0.1, 0.15) is 0 Å². The Morgan fingerprint density at radius 1 is 0.340 bits per heavy atom. The van der Waals surface area contributed by atoms with Gasteiger partial charge >= 0.3 is 0 Å². The van der Waals surface area contributed by atoms with E-state index in [9.17, 15) is 0 Å². The van der Waals surface area contributed by atoms with Crippen LogP contribution in [0.15, 0.2) is 206 Å². The van der Waals surface area contributed by atoms with Crippen LogP contribution in [-0.2, 0) is 26.0 Å². The zero-order valence-corrected chi connectivity index (χ0v) is 29.6. The first-order valence-corrected chi connectivity index (χ1v) is 18.0. The molecule has 7 rings (SSSR count). The maximum Gasteiger partial charge on any atom is 0.0539 e. The van der Waals surface area contributed by atoms with Gasteiger partial charge < -0.3 is 5.73 Å². The third-order valence-corrected chi connectivity index (χ3v) is 11.9. The summed E-state index contributed by atoms with van der Waals surface area (Å²) in [4.78, 5) is 3.97. The van der Waals surface area contributed by atoms with Crippen molar-refractivity contribution in [2.75, 3.05) is 0 Å². The molecule has 0 radical (unpaired) electrons. The Balaban J connectivity index is 0.000000171. The number of nitrogens with zero attached hydrogens (tertiary/aromatic N) is 1. The Labute approximate surface area is 295 Å². The van der Waals surface area contributed by atoms with Gasteiger partial charge in [-0.1, -0.05) is 188 Å². The van der Waals surface area contributed by atoms with Crippen LogP contribution >= 0.6 is 15.8 Å². The Morgan fingerprint density at radius 2 is 0.574 bits per heavy atom. The molecule has 0 bridgehead atoms. The van der Waals surface area contributed by atoms with Gasteiger partial charge in [0.15, 0.2) is 0 Å². The van der Waals surface area contributed by atoms with Crippen LogP contribution in [0.3, 0.4) is 0 Å². The smallest absolute Gasteiger partial charge is 0.0539 e. The van der Waals surface area contributed by atoms with Crippen LogP contribution in [0.5, 0.6) is 0 Å². The first-order chi connectivity index (χ1) is 22.8. The van der Waals surface area contributed by atoms with Gasteiger partial charge in [0.25, 0.3) is 0 Å². The molecule has 0 amide bonds. The summed E-state index contributed by atoms with van der Waals surface area (Å²) >= 11 is 0. The Kier molecular flexibility index (Phi) is 15.4. The topological polar surface area (TPSA) is 38.9 Å². The summed E-state index contributed by atoms with van der Waals surface area (Å²) < 4.78 is 0. The van der Waals surface area contributed by atoms with Gasteiger partial charge in [-0.3, -0.25) is 4.98 Å². The maximum atomic E-state index is 5.29. The molecule has 234 valence electrons. The summed E-state index contributed by atoms with van der Waals surface area (Å²) in [5.41, 5.74) is 6.22. The van der Waals surface area contributed by atoms with Crippen LogP contribution in [-0.4, -0.2) is 4.98 Å². The van der Waals surface area contributed by atoms with Crippen molar-refractivity contribution >= 4 is 47.7 Å². The van der Waals surface area contributed by atoms with Gasteiger partial charge in [0.05, 0.1) is 5.69 Å². The third kappa shape index (κ3) is 11.0. The number of hydrogen-bond donors (Lipinski definition) is 1. The number of nitrogens with two attached hydrogens (primary N) is 1. The predicted octanol–water partition coefficient (Wildman–Crippen LogP) is 7.43. The Morgan fingerprint density at radius 3 is 0.745 bits per heavy atom. The number of rotatable bonds is 7. The van der Waals surface area contributed by atoms with E-state index >= 15 is 0 Å². The van der Waals surface area contributed by atoms with Gasteiger partial charge in [-0.2, -0.15) is 0 Å². The molecule has 0 saturated heterocycles. The molecular weight excluding hydrogens is 695 g/mol. The molecule has 0 atom stereocenters. The molecule has 1 heterocycles. The molecule has 47 heavy (non-hydrogen) atoms. The molecule has 7 aromatic rings. The monoisotopic (exact) mass is 734 g/mol. The predicted molar refractivity (Wildman–Crippen MR) is 202 cm³/mol. The normalized spacial score (nSPS) is 10.1. The first-order valence-electron chi connectivity index (χ1n) is 15.3. The van der Waals surface area contributed by atoms with Gasteiger partial charge in [0, 0.05) is 32.2 Å². The molecule has 1 aromatic heterocycles. The van der Waals surface area contributed by atoms with E-state index in [0.717, 1.165) is 5.69 Å². The Bertz CT molecular complexity index is 1490. The molecule has 0 aliphatic rings. The fraction of sp³-hybridized carbons (Fsp3) is 0.0238. The van der Waals surface area contributed by atoms with Crippen LogP contribution in [0.4, 0.5) is 0 Å². The molecule has 2 N–H and O–H groups in total. The summed E-state index contributed by atoms with van der Waals surface area (Å²) in [6.07, 6.45) is 1.74. The summed E-state index contributed by atoms with van der Waals surface area (Å²) in [5, 5.41) is 8.39. The van der Waals surface area contributed by atoms with Crippen LogP contribution in [0.2, 0.25) is 0 Å². The van der Waals surface area contributed by atoms with Crippen molar-refractivity contribution in [3.8, 4) is 0 Å². The molecule has 0 unspecified atom stereocenters. The fourth-order valence-corrected chi connectivity index (χ4v) is 9.49. The summed E-state index contributed by atoms with van der Waals surface area (Å²) in [5.74, 6) is 0. The molecule has 0 spiro atoms. The largest absolute Gasteiger partial charge is 0.325 e. The summed E-state index contributed by atoms with van der Waals surface area (Å²) in [6, 6.07) is 70.4. The summed E-state index contributed by atoms with van der Waals surface area (Å²) in [7, 11) is -0.892. The molecule has 0 aliphatic heterocycles. The van der Waals surface area contributed by atoms with Crippen molar-refractivity contribution in [1.29, 1.82) is 0 Å². The SMILES string of the molecule is NCc1ccccn1.[Ru].c1ccc(P(c2ccccc2)c2ccccc2)cc1.c1ccc(P(c2ccccc2)c2ccccc2)cc1. The fourth-order valence-electron chi connectivity index (χ4n) is 4.88. The van der Waals surface area contributed by atoms with Crippen molar-refractivity contribution in [3.05, 3.63) is 212 Å². The van der Waals surface area contributed by atoms with Crippen LogP contribution in [0, 0.1) is 0 Å². The van der Waals surface area contributed by atoms with E-state index in [1.54, 1.807) is 6.20 Å². The zero-order chi connectivity index (χ0) is 31.7. The third-order valence-electron chi connectivity index (χ3n) is 7.02. The van der Waals surface area contributed by atoms with Gasteiger partial charge in [-0.05, 0) is 59.8 Å². The van der Waals surface area contributed by atoms with E-state index in [4.69, 9.17) is 5.73 Å². The van der Waals surface area contributed by atoms with Crippen LogP contribution < -0.4 is 37.6 Å². The molecule has 5 heteroatoms. The van der Waals surface area contributed by atoms with Crippen molar-refractivity contribution in [1.82, 2.24) is 4.98 Å². The van der Waals surface area contributed by atoms with Crippen molar-refractivity contribution in [2.24, 2.45) is 5.73 Å². The molecular formula is C42H38N2P2Ru. The minimum absolute atomic E-state index is 0. The first kappa shape index (κ1) is 35.8. The average Bonchev–Trinajstić information content (AvgIpc) is 3.15. The van der Waals surface area contributed by atoms with E-state index in [1.165, 1.54) is 31.8 Å². The van der Waals surface area contributed by atoms with Gasteiger partial charge in [0.2, 0.25) is 0 Å². The second kappa shape index (κ2) is 20.2. The second-order valence-corrected chi connectivity index (χ2v) is 14.6. The molecule has 0 saturated carbocycles. The molecule has 2 nitrogen and oxygen atoms in total. The van der Waals surface area contributed by atoms with Crippen molar-refractivity contribution in [3.63, 3.8) is 0 Å². The van der Waals surface area contributed by atoms with E-state index in [2.05, 4.69) is 187 Å². The minimum atomic E-state index is -0.446. The molecule has 0 aliphatic carbocycles. The van der Waals surface area contributed by atoms with Gasteiger partial charge in [-0.25, -0.2) is 0 Å². The van der Waals surface area contributed by atoms with E-state index in [-0.39, 0.29) is 19.5 Å². The average molecular weight is 734 g/mol. The maximum absolute atomic E-state index is 5.29. The van der Waals surface area contributed by atoms with E-state index < -0.39 is 15.8 Å². The minimum Gasteiger partial charge on any atom is -0.325 e. The molecule has 6 aromatic carbocycles. The van der Waals surface area contributed by atoms with E-state index in [1.807, 2.05) is 18.2 Å². The Hall–Kier alpha value is -4.09. The van der Waals surface area contributed by atoms with Crippen molar-refractivity contribution < 1.29 is 19.5 Å².